The SMILES string of the molecule is O=C1C=C(N[C@@H](CS)C(=O)O)c2ccccc2C1=O. The number of fused-ring (bicyclic) bond motifs is 1. The highest BCUT2D eigenvalue weighted by molar-refractivity contribution is 7.80. The van der Waals surface area contributed by atoms with E-state index in [4.69, 9.17) is 5.11 Å². The Hall–Kier alpha value is -2.08. The van der Waals surface area contributed by atoms with Crippen LogP contribution >= 0.6 is 12.6 Å². The van der Waals surface area contributed by atoms with Crippen molar-refractivity contribution in [3.63, 3.8) is 0 Å². The molecule has 0 spiro atoms. The predicted molar refractivity (Wildman–Crippen MR) is 72.2 cm³/mol. The molecular formula is C13H11NO4S. The number of nitrogens with one attached hydrogen (secondary N) is 1. The lowest BCUT2D eigenvalue weighted by atomic mass is 9.92. The Kier molecular flexibility index (Phi) is 3.71. The molecule has 0 radical (unpaired) electrons. The van der Waals surface area contributed by atoms with Crippen molar-refractivity contribution in [1.82, 2.24) is 5.32 Å². The average Bonchev–Trinajstić information content (AvgIpc) is 2.41. The summed E-state index contributed by atoms with van der Waals surface area (Å²) in [7, 11) is 0. The van der Waals surface area contributed by atoms with Gasteiger partial charge in [0.1, 0.15) is 6.04 Å². The molecule has 2 N–H and O–H groups in total. The zero-order valence-electron chi connectivity index (χ0n) is 9.79. The lowest BCUT2D eigenvalue weighted by molar-refractivity contribution is -0.138. The number of rotatable bonds is 4. The lowest BCUT2D eigenvalue weighted by Gasteiger charge is -2.20. The number of thiol groups is 1. The van der Waals surface area contributed by atoms with Crippen molar-refractivity contribution in [2.24, 2.45) is 0 Å². The first-order valence-corrected chi connectivity index (χ1v) is 6.17. The molecule has 98 valence electrons. The van der Waals surface area contributed by atoms with Crippen LogP contribution in [0.4, 0.5) is 0 Å². The molecular weight excluding hydrogens is 266 g/mol. The molecule has 1 aromatic carbocycles. The molecule has 6 heteroatoms. The van der Waals surface area contributed by atoms with Crippen molar-refractivity contribution < 1.29 is 19.5 Å². The van der Waals surface area contributed by atoms with E-state index in [1.807, 2.05) is 0 Å². The number of carboxylic acid groups (broad SMARTS) is 1. The van der Waals surface area contributed by atoms with Crippen molar-refractivity contribution in [3.05, 3.63) is 41.5 Å². The van der Waals surface area contributed by atoms with Gasteiger partial charge in [0, 0.05) is 28.7 Å². The Morgan fingerprint density at radius 2 is 1.89 bits per heavy atom. The summed E-state index contributed by atoms with van der Waals surface area (Å²) in [6.45, 7) is 0. The second kappa shape index (κ2) is 5.27. The van der Waals surface area contributed by atoms with Crippen LogP contribution in [-0.2, 0) is 9.59 Å². The van der Waals surface area contributed by atoms with Crippen LogP contribution in [0.15, 0.2) is 30.3 Å². The van der Waals surface area contributed by atoms with Crippen LogP contribution in [0.5, 0.6) is 0 Å². The quantitative estimate of drug-likeness (QED) is 0.559. The van der Waals surface area contributed by atoms with E-state index in [0.717, 1.165) is 6.08 Å². The highest BCUT2D eigenvalue weighted by Crippen LogP contribution is 2.23. The highest BCUT2D eigenvalue weighted by Gasteiger charge is 2.27. The molecule has 5 nitrogen and oxygen atoms in total. The van der Waals surface area contributed by atoms with E-state index in [1.54, 1.807) is 24.3 Å². The fourth-order valence-corrected chi connectivity index (χ4v) is 2.06. The van der Waals surface area contributed by atoms with Crippen LogP contribution in [0.1, 0.15) is 15.9 Å². The van der Waals surface area contributed by atoms with Gasteiger partial charge in [-0.2, -0.15) is 12.6 Å². The molecule has 0 unspecified atom stereocenters. The van der Waals surface area contributed by atoms with E-state index in [9.17, 15) is 14.4 Å². The summed E-state index contributed by atoms with van der Waals surface area (Å²) in [5, 5.41) is 11.7. The van der Waals surface area contributed by atoms with Crippen LogP contribution in [0, 0.1) is 0 Å². The maximum absolute atomic E-state index is 11.7. The second-order valence-electron chi connectivity index (χ2n) is 4.01. The van der Waals surface area contributed by atoms with Crippen molar-refractivity contribution in [1.29, 1.82) is 0 Å². The monoisotopic (exact) mass is 277 g/mol. The van der Waals surface area contributed by atoms with Crippen molar-refractivity contribution in [3.8, 4) is 0 Å². The molecule has 0 heterocycles. The Balaban J connectivity index is 2.40. The van der Waals surface area contributed by atoms with Gasteiger partial charge in [-0.25, -0.2) is 4.79 Å². The fraction of sp³-hybridized carbons (Fsp3) is 0.154. The third kappa shape index (κ3) is 2.53. The van der Waals surface area contributed by atoms with E-state index < -0.39 is 23.6 Å². The number of carbonyl (C=O) groups is 3. The average molecular weight is 277 g/mol. The minimum Gasteiger partial charge on any atom is -0.480 e. The number of carboxylic acids is 1. The van der Waals surface area contributed by atoms with E-state index in [1.165, 1.54) is 0 Å². The molecule has 19 heavy (non-hydrogen) atoms. The molecule has 1 aromatic rings. The molecule has 1 aliphatic carbocycles. The van der Waals surface area contributed by atoms with Crippen LogP contribution in [0.25, 0.3) is 5.70 Å². The first-order chi connectivity index (χ1) is 9.04. The molecule has 0 aromatic heterocycles. The Morgan fingerprint density at radius 1 is 1.26 bits per heavy atom. The van der Waals surface area contributed by atoms with Crippen molar-refractivity contribution in [2.75, 3.05) is 5.75 Å². The van der Waals surface area contributed by atoms with Crippen LogP contribution in [0.2, 0.25) is 0 Å². The van der Waals surface area contributed by atoms with Crippen LogP contribution in [-0.4, -0.2) is 34.4 Å². The van der Waals surface area contributed by atoms with E-state index in [-0.39, 0.29) is 11.3 Å². The van der Waals surface area contributed by atoms with E-state index >= 15 is 0 Å². The molecule has 0 saturated heterocycles. The van der Waals surface area contributed by atoms with Crippen LogP contribution < -0.4 is 5.32 Å². The van der Waals surface area contributed by atoms with Gasteiger partial charge >= 0.3 is 5.97 Å². The topological polar surface area (TPSA) is 83.5 Å². The maximum Gasteiger partial charge on any atom is 0.326 e. The van der Waals surface area contributed by atoms with Gasteiger partial charge in [0.05, 0.1) is 0 Å². The number of ketones is 2. The minimum atomic E-state index is -1.07. The van der Waals surface area contributed by atoms with Gasteiger partial charge in [0.25, 0.3) is 0 Å². The fourth-order valence-electron chi connectivity index (χ4n) is 1.82. The molecule has 2 rings (SSSR count). The van der Waals surface area contributed by atoms with Gasteiger partial charge in [-0.15, -0.1) is 0 Å². The largest absolute Gasteiger partial charge is 0.480 e. The number of hydrogen-bond donors (Lipinski definition) is 3. The van der Waals surface area contributed by atoms with Gasteiger partial charge in [0.15, 0.2) is 0 Å². The number of aliphatic carboxylic acids is 1. The first-order valence-electron chi connectivity index (χ1n) is 5.54. The summed E-state index contributed by atoms with van der Waals surface area (Å²) in [5.74, 6) is -2.25. The van der Waals surface area contributed by atoms with E-state index in [2.05, 4.69) is 17.9 Å². The molecule has 0 amide bonds. The smallest absolute Gasteiger partial charge is 0.326 e. The number of benzene rings is 1. The standard InChI is InChI=1S/C13H11NO4S/c15-11-5-9(14-10(6-19)13(17)18)7-3-1-2-4-8(7)12(11)16/h1-5,10,14,19H,6H2,(H,17,18)/t10-/m0/s1. The molecule has 1 aliphatic rings. The zero-order chi connectivity index (χ0) is 14.0. The number of allylic oxidation sites excluding steroid dienone is 1. The highest BCUT2D eigenvalue weighted by atomic mass is 32.1. The van der Waals surface area contributed by atoms with Gasteiger partial charge < -0.3 is 10.4 Å². The Morgan fingerprint density at radius 3 is 2.47 bits per heavy atom. The van der Waals surface area contributed by atoms with Gasteiger partial charge in [0.2, 0.25) is 11.6 Å². The molecule has 0 fully saturated rings. The van der Waals surface area contributed by atoms with Gasteiger partial charge in [-0.05, 0) is 0 Å². The Bertz CT molecular complexity index is 594. The minimum absolute atomic E-state index is 0.0664. The summed E-state index contributed by atoms with van der Waals surface area (Å²) in [6, 6.07) is 5.65. The summed E-state index contributed by atoms with van der Waals surface area (Å²) in [5.41, 5.74) is 1.14. The maximum atomic E-state index is 11.7. The van der Waals surface area contributed by atoms with Crippen molar-refractivity contribution in [2.45, 2.75) is 6.04 Å². The molecule has 0 aliphatic heterocycles. The lowest BCUT2D eigenvalue weighted by Crippen LogP contribution is -2.38. The zero-order valence-corrected chi connectivity index (χ0v) is 10.7. The summed E-state index contributed by atoms with van der Waals surface area (Å²) < 4.78 is 0. The molecule has 1 atom stereocenters. The summed E-state index contributed by atoms with van der Waals surface area (Å²) >= 11 is 3.94. The first kappa shape index (κ1) is 13.4. The predicted octanol–water partition coefficient (Wildman–Crippen LogP) is 0.766. The summed E-state index contributed by atoms with van der Waals surface area (Å²) in [4.78, 5) is 34.2. The Labute approximate surface area is 114 Å². The molecule has 0 saturated carbocycles. The molecule has 0 bridgehead atoms. The second-order valence-corrected chi connectivity index (χ2v) is 4.38. The third-order valence-corrected chi connectivity index (χ3v) is 3.14. The summed E-state index contributed by atoms with van der Waals surface area (Å²) in [6.07, 6.45) is 1.13. The van der Waals surface area contributed by atoms with E-state index in [0.29, 0.717) is 11.3 Å². The number of Topliss-reactive ketones (excluding diaryl/α,β-unsaturated/α-hetero) is 1. The van der Waals surface area contributed by atoms with Gasteiger partial charge in [-0.1, -0.05) is 24.3 Å². The van der Waals surface area contributed by atoms with Crippen LogP contribution in [0.3, 0.4) is 0 Å². The number of carbonyl (C=O) groups excluding carboxylic acids is 2. The third-order valence-electron chi connectivity index (χ3n) is 2.77. The number of hydrogen-bond acceptors (Lipinski definition) is 5. The van der Waals surface area contributed by atoms with Crippen molar-refractivity contribution >= 4 is 35.9 Å². The van der Waals surface area contributed by atoms with Gasteiger partial charge in [-0.3, -0.25) is 9.59 Å². The normalized spacial score (nSPS) is 15.5.